The first-order chi connectivity index (χ1) is 33.2. The minimum absolute atomic E-state index is 0.297. The van der Waals surface area contributed by atoms with E-state index in [0.29, 0.717) is 0 Å². The minimum Gasteiger partial charge on any atom is -0.456 e. The normalized spacial score (nSPS) is 20.3. The molecule has 1 aliphatic heterocycles. The summed E-state index contributed by atoms with van der Waals surface area (Å²) >= 11 is 0. The van der Waals surface area contributed by atoms with Crippen molar-refractivity contribution in [2.45, 2.75) is 0 Å². The molecule has 9 aromatic rings. The molecule has 0 radical (unpaired) electrons. The third-order valence-electron chi connectivity index (χ3n) is 7.57. The van der Waals surface area contributed by atoms with Crippen LogP contribution in [-0.2, 0) is 0 Å². The molecule has 208 valence electrons. The second-order valence-electron chi connectivity index (χ2n) is 10.0. The van der Waals surface area contributed by atoms with Crippen LogP contribution >= 0.6 is 0 Å². The Hall–Kier alpha value is -5.92. The van der Waals surface area contributed by atoms with Gasteiger partial charge in [0.05, 0.1) is 35.6 Å². The van der Waals surface area contributed by atoms with E-state index in [1.165, 1.54) is 0 Å². The van der Waals surface area contributed by atoms with Gasteiger partial charge in [-0.3, -0.25) is 0 Å². The Balaban J connectivity index is 1.45. The molecule has 9 aromatic carbocycles. The second kappa shape index (κ2) is 9.29. The summed E-state index contributed by atoms with van der Waals surface area (Å²) in [6, 6.07) is -22.7. The molecule has 1 heterocycles. The van der Waals surface area contributed by atoms with Gasteiger partial charge in [-0.05, 0) is 101 Å². The molecule has 1 aliphatic rings. The SMILES string of the molecule is [2H]c1c([2H])c([2H])c(-c2c([2H])c(-c3c([2H])c([2H])c4c([2H])c([2H])c5c([2H])c([2H])c([2H])c6c([2H])c([2H])c3c4c56)c([2H])c([2H])c2-c2c([2H])c([2H])c3c(c2[2H])-c2c([2H])c([2H])c([2H])c4c([2H])c([2H])c([2H])c(c24)O3)c([2H])c1[2H]. The zero-order valence-electron chi connectivity index (χ0n) is 48.4. The van der Waals surface area contributed by atoms with Crippen molar-refractivity contribution in [3.05, 3.63) is 157 Å². The van der Waals surface area contributed by atoms with E-state index in [-0.39, 0.29) is 16.2 Å². The lowest BCUT2D eigenvalue weighted by Crippen LogP contribution is -1.97. The van der Waals surface area contributed by atoms with Crippen molar-refractivity contribution in [2.75, 3.05) is 0 Å². The van der Waals surface area contributed by atoms with Gasteiger partial charge >= 0.3 is 0 Å². The molecule has 45 heavy (non-hydrogen) atoms. The topological polar surface area (TPSA) is 9.23 Å². The molecule has 0 spiro atoms. The summed E-state index contributed by atoms with van der Waals surface area (Å²) in [5, 5.41) is -3.32. The standard InChI is InChI=1S/C44H26O/c1-2-7-27(8-3-1)38-25-32(34-21-17-31-16-15-29-9-4-10-30-18-23-37(34)44(31)42(29)30)19-22-35(38)33-20-24-40-39(26-33)36-13-5-11-28-12-6-14-41(45-40)43(28)36/h1-26H/i1D,2D,3D,4D,5D,6D,7D,8D,9D,10D,11D,12D,13D,14D,15D,16D,17D,18D,19D,20D,21D,22D,23D,24D,25D,26D. The molecular weight excluding hydrogens is 544 g/mol. The van der Waals surface area contributed by atoms with Crippen LogP contribution in [0, 0.1) is 0 Å². The Bertz CT molecular complexity index is 4030. The molecule has 0 fully saturated rings. The van der Waals surface area contributed by atoms with Crippen molar-refractivity contribution in [3.63, 3.8) is 0 Å². The van der Waals surface area contributed by atoms with E-state index >= 15 is 0 Å². The average molecular weight is 597 g/mol. The van der Waals surface area contributed by atoms with E-state index in [9.17, 15) is 12.3 Å². The van der Waals surface area contributed by atoms with Gasteiger partial charge in [0.1, 0.15) is 11.5 Å². The Morgan fingerprint density at radius 2 is 0.956 bits per heavy atom. The quantitative estimate of drug-likeness (QED) is 0.184. The van der Waals surface area contributed by atoms with Gasteiger partial charge in [-0.1, -0.05) is 133 Å². The summed E-state index contributed by atoms with van der Waals surface area (Å²) in [6.07, 6.45) is 0. The molecule has 0 bridgehead atoms. The van der Waals surface area contributed by atoms with Crippen molar-refractivity contribution in [2.24, 2.45) is 0 Å². The number of fused-ring (bicyclic) bond motifs is 2. The monoisotopic (exact) mass is 596 g/mol. The molecule has 0 atom stereocenters. The predicted molar refractivity (Wildman–Crippen MR) is 189 cm³/mol. The van der Waals surface area contributed by atoms with Crippen molar-refractivity contribution in [1.82, 2.24) is 0 Å². The summed E-state index contributed by atoms with van der Waals surface area (Å²) < 4.78 is 240. The fraction of sp³-hybridized carbons (Fsp3) is 0. The van der Waals surface area contributed by atoms with E-state index in [1.807, 2.05) is 0 Å². The van der Waals surface area contributed by atoms with Gasteiger partial charge in [0, 0.05) is 10.9 Å². The van der Waals surface area contributed by atoms with Crippen LogP contribution in [0.2, 0.25) is 0 Å². The van der Waals surface area contributed by atoms with Gasteiger partial charge in [0.25, 0.3) is 0 Å². The molecule has 0 amide bonds. The van der Waals surface area contributed by atoms with Crippen LogP contribution < -0.4 is 4.74 Å². The number of benzene rings is 9. The van der Waals surface area contributed by atoms with Gasteiger partial charge in [0.15, 0.2) is 0 Å². The summed E-state index contributed by atoms with van der Waals surface area (Å²) in [5.41, 5.74) is -6.10. The maximum atomic E-state index is 9.99. The molecule has 0 aliphatic carbocycles. The van der Waals surface area contributed by atoms with E-state index in [0.717, 1.165) is 0 Å². The van der Waals surface area contributed by atoms with Gasteiger partial charge < -0.3 is 4.74 Å². The number of rotatable bonds is 3. The molecule has 1 nitrogen and oxygen atoms in total. The van der Waals surface area contributed by atoms with Gasteiger partial charge in [-0.25, -0.2) is 0 Å². The molecule has 0 unspecified atom stereocenters. The van der Waals surface area contributed by atoms with Crippen LogP contribution in [0.5, 0.6) is 11.5 Å². The van der Waals surface area contributed by atoms with Gasteiger partial charge in [-0.15, -0.1) is 0 Å². The number of hydrogen-bond donors (Lipinski definition) is 0. The first kappa shape index (κ1) is 10.3. The smallest absolute Gasteiger partial charge is 0.135 e. The zero-order chi connectivity index (χ0) is 52.1. The van der Waals surface area contributed by atoms with Gasteiger partial charge in [0.2, 0.25) is 0 Å². The highest BCUT2D eigenvalue weighted by Gasteiger charge is 2.21. The minimum atomic E-state index is -1.11. The lowest BCUT2D eigenvalue weighted by Gasteiger charge is -2.22. The van der Waals surface area contributed by atoms with Crippen molar-refractivity contribution < 1.29 is 40.4 Å². The van der Waals surface area contributed by atoms with Crippen LogP contribution in [0.15, 0.2) is 157 Å². The Kier molecular flexibility index (Phi) is 2.13. The van der Waals surface area contributed by atoms with E-state index in [2.05, 4.69) is 0 Å². The summed E-state index contributed by atoms with van der Waals surface area (Å²) in [7, 11) is 0. The number of hydrogen-bond acceptors (Lipinski definition) is 1. The van der Waals surface area contributed by atoms with E-state index in [1.54, 1.807) is 0 Å². The van der Waals surface area contributed by atoms with Crippen LogP contribution in [-0.4, -0.2) is 0 Å². The third-order valence-corrected chi connectivity index (χ3v) is 7.57. The molecule has 0 saturated heterocycles. The molecular formula is C44H26O. The Morgan fingerprint density at radius 1 is 0.333 bits per heavy atom. The van der Waals surface area contributed by atoms with Crippen LogP contribution in [0.1, 0.15) is 35.6 Å². The summed E-state index contributed by atoms with van der Waals surface area (Å²) in [5.74, 6) is -1.22. The Morgan fingerprint density at radius 3 is 1.80 bits per heavy atom. The first-order valence-corrected chi connectivity index (χ1v) is 13.4. The highest BCUT2D eigenvalue weighted by atomic mass is 16.5. The lowest BCUT2D eigenvalue weighted by atomic mass is 9.86. The van der Waals surface area contributed by atoms with Gasteiger partial charge in [-0.2, -0.15) is 0 Å². The summed E-state index contributed by atoms with van der Waals surface area (Å²) in [4.78, 5) is 0. The third kappa shape index (κ3) is 3.62. The molecule has 10 rings (SSSR count). The molecule has 0 aromatic heterocycles. The van der Waals surface area contributed by atoms with Crippen molar-refractivity contribution in [3.8, 4) is 56.0 Å². The highest BCUT2D eigenvalue weighted by Crippen LogP contribution is 2.48. The number of ether oxygens (including phenoxy) is 1. The second-order valence-corrected chi connectivity index (χ2v) is 10.0. The maximum absolute atomic E-state index is 9.99. The van der Waals surface area contributed by atoms with Crippen molar-refractivity contribution >= 4 is 43.1 Å². The predicted octanol–water partition coefficient (Wildman–Crippen LogP) is 12.5. The van der Waals surface area contributed by atoms with Crippen LogP contribution in [0.4, 0.5) is 0 Å². The molecule has 0 N–H and O–H groups in total. The van der Waals surface area contributed by atoms with Crippen LogP contribution in [0.3, 0.4) is 0 Å². The first-order valence-electron chi connectivity index (χ1n) is 26.4. The molecule has 1 heteroatoms. The molecule has 0 saturated carbocycles. The fourth-order valence-corrected chi connectivity index (χ4v) is 5.61. The largest absolute Gasteiger partial charge is 0.456 e. The van der Waals surface area contributed by atoms with E-state index in [4.69, 9.17) is 28.0 Å². The Labute approximate surface area is 297 Å². The zero-order valence-corrected chi connectivity index (χ0v) is 22.4. The van der Waals surface area contributed by atoms with Crippen LogP contribution in [0.25, 0.3) is 87.6 Å². The van der Waals surface area contributed by atoms with Crippen molar-refractivity contribution in [1.29, 1.82) is 0 Å². The summed E-state index contributed by atoms with van der Waals surface area (Å²) in [6.45, 7) is 0. The lowest BCUT2D eigenvalue weighted by molar-refractivity contribution is 0.487. The fourth-order valence-electron chi connectivity index (χ4n) is 5.61. The maximum Gasteiger partial charge on any atom is 0.135 e. The highest BCUT2D eigenvalue weighted by molar-refractivity contribution is 6.25. The van der Waals surface area contributed by atoms with E-state index < -0.39 is 240 Å². The average Bonchev–Trinajstić information content (AvgIpc) is 3.33.